The first-order chi connectivity index (χ1) is 8.65. The standard InChI is InChI=1S/C13H16FNO3/c14-11-1-3-12(4-2-11)18-9-10-5-7-15(8-6-10)13(16)17/h1-4,10H,5-9H2,(H,16,17). The minimum atomic E-state index is -0.854. The molecule has 1 heterocycles. The van der Waals surface area contributed by atoms with Crippen molar-refractivity contribution in [3.05, 3.63) is 30.1 Å². The number of carbonyl (C=O) groups is 1. The van der Waals surface area contributed by atoms with E-state index in [9.17, 15) is 9.18 Å². The Labute approximate surface area is 105 Å². The molecule has 0 aromatic heterocycles. The molecule has 1 N–H and O–H groups in total. The molecule has 1 amide bonds. The predicted octanol–water partition coefficient (Wildman–Crippen LogP) is 2.59. The normalized spacial score (nSPS) is 16.6. The topological polar surface area (TPSA) is 49.8 Å². The van der Waals surface area contributed by atoms with E-state index in [-0.39, 0.29) is 5.82 Å². The largest absolute Gasteiger partial charge is 0.493 e. The van der Waals surface area contributed by atoms with E-state index in [1.807, 2.05) is 0 Å². The Hall–Kier alpha value is -1.78. The lowest BCUT2D eigenvalue weighted by Crippen LogP contribution is -2.38. The van der Waals surface area contributed by atoms with Crippen LogP contribution in [0.5, 0.6) is 5.75 Å². The van der Waals surface area contributed by atoms with Gasteiger partial charge in [-0.3, -0.25) is 0 Å². The molecule has 1 aromatic carbocycles. The fourth-order valence-electron chi connectivity index (χ4n) is 2.04. The maximum absolute atomic E-state index is 12.7. The SMILES string of the molecule is O=C(O)N1CCC(COc2ccc(F)cc2)CC1. The van der Waals surface area contributed by atoms with Crippen molar-refractivity contribution in [2.75, 3.05) is 19.7 Å². The van der Waals surface area contributed by atoms with Crippen molar-refractivity contribution in [3.63, 3.8) is 0 Å². The zero-order valence-corrected chi connectivity index (χ0v) is 10.0. The number of carboxylic acid groups (broad SMARTS) is 1. The van der Waals surface area contributed by atoms with Gasteiger partial charge in [0.2, 0.25) is 0 Å². The average Bonchev–Trinajstić information content (AvgIpc) is 2.38. The molecule has 4 nitrogen and oxygen atoms in total. The van der Waals surface area contributed by atoms with E-state index in [1.165, 1.54) is 17.0 Å². The van der Waals surface area contributed by atoms with Crippen LogP contribution < -0.4 is 4.74 Å². The third-order valence-corrected chi connectivity index (χ3v) is 3.18. The summed E-state index contributed by atoms with van der Waals surface area (Å²) >= 11 is 0. The van der Waals surface area contributed by atoms with Gasteiger partial charge in [-0.1, -0.05) is 0 Å². The summed E-state index contributed by atoms with van der Waals surface area (Å²) in [5, 5.41) is 8.82. The van der Waals surface area contributed by atoms with Gasteiger partial charge in [-0.15, -0.1) is 0 Å². The lowest BCUT2D eigenvalue weighted by atomic mass is 9.98. The molecule has 1 saturated heterocycles. The van der Waals surface area contributed by atoms with Gasteiger partial charge >= 0.3 is 6.09 Å². The highest BCUT2D eigenvalue weighted by atomic mass is 19.1. The number of piperidine rings is 1. The van der Waals surface area contributed by atoms with Gasteiger partial charge in [0.1, 0.15) is 11.6 Å². The Bertz CT molecular complexity index is 399. The Morgan fingerprint density at radius 2 is 1.94 bits per heavy atom. The molecule has 1 fully saturated rings. The number of amides is 1. The molecule has 0 unspecified atom stereocenters. The summed E-state index contributed by atoms with van der Waals surface area (Å²) in [7, 11) is 0. The lowest BCUT2D eigenvalue weighted by Gasteiger charge is -2.29. The molecule has 1 aliphatic heterocycles. The van der Waals surface area contributed by atoms with Crippen LogP contribution in [0.25, 0.3) is 0 Å². The second-order valence-corrected chi connectivity index (χ2v) is 4.48. The molecule has 0 atom stereocenters. The second-order valence-electron chi connectivity index (χ2n) is 4.48. The van der Waals surface area contributed by atoms with Crippen molar-refractivity contribution in [2.24, 2.45) is 5.92 Å². The van der Waals surface area contributed by atoms with Gasteiger partial charge in [-0.25, -0.2) is 9.18 Å². The second kappa shape index (κ2) is 5.71. The Morgan fingerprint density at radius 3 is 2.50 bits per heavy atom. The lowest BCUT2D eigenvalue weighted by molar-refractivity contribution is 0.111. The predicted molar refractivity (Wildman–Crippen MR) is 64.2 cm³/mol. The average molecular weight is 253 g/mol. The summed E-state index contributed by atoms with van der Waals surface area (Å²) in [4.78, 5) is 12.2. The summed E-state index contributed by atoms with van der Waals surface area (Å²) in [5.74, 6) is 0.736. The summed E-state index contributed by atoms with van der Waals surface area (Å²) in [6.45, 7) is 1.68. The van der Waals surface area contributed by atoms with Crippen LogP contribution in [0, 0.1) is 11.7 Å². The van der Waals surface area contributed by atoms with E-state index < -0.39 is 6.09 Å². The van der Waals surface area contributed by atoms with Crippen molar-refractivity contribution in [1.29, 1.82) is 0 Å². The van der Waals surface area contributed by atoms with E-state index in [4.69, 9.17) is 9.84 Å². The van der Waals surface area contributed by atoms with Crippen molar-refractivity contribution >= 4 is 6.09 Å². The smallest absolute Gasteiger partial charge is 0.407 e. The van der Waals surface area contributed by atoms with Crippen LogP contribution in [0.2, 0.25) is 0 Å². The van der Waals surface area contributed by atoms with Crippen molar-refractivity contribution in [1.82, 2.24) is 4.90 Å². The highest BCUT2D eigenvalue weighted by Crippen LogP contribution is 2.19. The third-order valence-electron chi connectivity index (χ3n) is 3.18. The Morgan fingerprint density at radius 1 is 1.33 bits per heavy atom. The Balaban J connectivity index is 1.75. The van der Waals surface area contributed by atoms with Crippen LogP contribution in [0.1, 0.15) is 12.8 Å². The fraction of sp³-hybridized carbons (Fsp3) is 0.462. The van der Waals surface area contributed by atoms with Crippen LogP contribution in [-0.4, -0.2) is 35.8 Å². The molecule has 98 valence electrons. The zero-order valence-electron chi connectivity index (χ0n) is 10.0. The maximum Gasteiger partial charge on any atom is 0.407 e. The number of benzene rings is 1. The first-order valence-corrected chi connectivity index (χ1v) is 6.01. The number of likely N-dealkylation sites (tertiary alicyclic amines) is 1. The van der Waals surface area contributed by atoms with Gasteiger partial charge in [0.15, 0.2) is 0 Å². The van der Waals surface area contributed by atoms with E-state index >= 15 is 0 Å². The molecular weight excluding hydrogens is 237 g/mol. The van der Waals surface area contributed by atoms with Gasteiger partial charge < -0.3 is 14.7 Å². The third kappa shape index (κ3) is 3.35. The van der Waals surface area contributed by atoms with E-state index in [2.05, 4.69) is 0 Å². The first kappa shape index (κ1) is 12.7. The summed E-state index contributed by atoms with van der Waals surface area (Å²) in [6, 6.07) is 5.92. The van der Waals surface area contributed by atoms with E-state index in [0.29, 0.717) is 31.4 Å². The van der Waals surface area contributed by atoms with E-state index in [1.54, 1.807) is 12.1 Å². The van der Waals surface area contributed by atoms with Gasteiger partial charge in [-0.05, 0) is 43.0 Å². The quantitative estimate of drug-likeness (QED) is 0.900. The van der Waals surface area contributed by atoms with Crippen LogP contribution >= 0.6 is 0 Å². The van der Waals surface area contributed by atoms with Gasteiger partial charge in [0.25, 0.3) is 0 Å². The van der Waals surface area contributed by atoms with Crippen molar-refractivity contribution in [2.45, 2.75) is 12.8 Å². The van der Waals surface area contributed by atoms with E-state index in [0.717, 1.165) is 12.8 Å². The molecular formula is C13H16FNO3. The molecule has 18 heavy (non-hydrogen) atoms. The van der Waals surface area contributed by atoms with Crippen LogP contribution in [0.3, 0.4) is 0 Å². The van der Waals surface area contributed by atoms with Crippen molar-refractivity contribution in [3.8, 4) is 5.75 Å². The number of hydrogen-bond acceptors (Lipinski definition) is 2. The Kier molecular flexibility index (Phi) is 4.02. The molecule has 1 aliphatic rings. The summed E-state index contributed by atoms with van der Waals surface area (Å²) in [6.07, 6.45) is 0.772. The minimum absolute atomic E-state index is 0.280. The molecule has 0 radical (unpaired) electrons. The number of hydrogen-bond donors (Lipinski definition) is 1. The molecule has 0 aliphatic carbocycles. The monoisotopic (exact) mass is 253 g/mol. The minimum Gasteiger partial charge on any atom is -0.493 e. The number of ether oxygens (including phenoxy) is 1. The number of rotatable bonds is 3. The molecule has 2 rings (SSSR count). The molecule has 1 aromatic rings. The zero-order chi connectivity index (χ0) is 13.0. The number of nitrogens with zero attached hydrogens (tertiary/aromatic N) is 1. The summed E-state index contributed by atoms with van der Waals surface area (Å²) < 4.78 is 18.2. The summed E-state index contributed by atoms with van der Waals surface area (Å²) in [5.41, 5.74) is 0. The molecule has 0 saturated carbocycles. The first-order valence-electron chi connectivity index (χ1n) is 6.01. The van der Waals surface area contributed by atoms with Crippen LogP contribution in [0.15, 0.2) is 24.3 Å². The molecule has 5 heteroatoms. The van der Waals surface area contributed by atoms with Gasteiger partial charge in [-0.2, -0.15) is 0 Å². The molecule has 0 spiro atoms. The number of halogens is 1. The van der Waals surface area contributed by atoms with Crippen LogP contribution in [0.4, 0.5) is 9.18 Å². The van der Waals surface area contributed by atoms with Crippen LogP contribution in [-0.2, 0) is 0 Å². The van der Waals surface area contributed by atoms with Gasteiger partial charge in [0.05, 0.1) is 6.61 Å². The highest BCUT2D eigenvalue weighted by molar-refractivity contribution is 5.64. The maximum atomic E-state index is 12.7. The fourth-order valence-corrected chi connectivity index (χ4v) is 2.04. The van der Waals surface area contributed by atoms with Crippen molar-refractivity contribution < 1.29 is 19.0 Å². The highest BCUT2D eigenvalue weighted by Gasteiger charge is 2.22. The molecule has 0 bridgehead atoms. The van der Waals surface area contributed by atoms with Gasteiger partial charge in [0, 0.05) is 13.1 Å².